The van der Waals surface area contributed by atoms with Gasteiger partial charge in [-0.25, -0.2) is 4.39 Å². The van der Waals surface area contributed by atoms with Crippen LogP contribution in [0, 0.1) is 5.82 Å². The first kappa shape index (κ1) is 19.5. The van der Waals surface area contributed by atoms with Crippen molar-refractivity contribution in [3.05, 3.63) is 36.0 Å². The van der Waals surface area contributed by atoms with Gasteiger partial charge in [0.1, 0.15) is 5.82 Å². The fourth-order valence-corrected chi connectivity index (χ4v) is 3.52. The Morgan fingerprint density at radius 2 is 2.22 bits per heavy atom. The molecule has 0 saturated carbocycles. The molecular weight excluding hydrogens is 347 g/mol. The normalized spacial score (nSPS) is 18.0. The number of nitrogens with zero attached hydrogens (tertiary/aromatic N) is 3. The SMILES string of the molecule is CCC(CC)NC(=O)CN1CCC[C@@H](c2nc(-c3cccc(F)c3)no2)C1. The molecule has 1 amide bonds. The number of piperidine rings is 1. The van der Waals surface area contributed by atoms with Gasteiger partial charge in [0.25, 0.3) is 0 Å². The maximum Gasteiger partial charge on any atom is 0.234 e. The molecule has 1 atom stereocenters. The van der Waals surface area contributed by atoms with E-state index in [1.54, 1.807) is 12.1 Å². The number of hydrogen-bond acceptors (Lipinski definition) is 5. The van der Waals surface area contributed by atoms with E-state index < -0.39 is 0 Å². The first-order valence-corrected chi connectivity index (χ1v) is 9.70. The van der Waals surface area contributed by atoms with Crippen molar-refractivity contribution in [2.45, 2.75) is 51.5 Å². The van der Waals surface area contributed by atoms with Crippen molar-refractivity contribution in [2.75, 3.05) is 19.6 Å². The first-order valence-electron chi connectivity index (χ1n) is 9.70. The molecule has 27 heavy (non-hydrogen) atoms. The smallest absolute Gasteiger partial charge is 0.234 e. The van der Waals surface area contributed by atoms with Crippen LogP contribution in [0.25, 0.3) is 11.4 Å². The molecule has 0 radical (unpaired) electrons. The number of likely N-dealkylation sites (tertiary alicyclic amines) is 1. The van der Waals surface area contributed by atoms with Crippen molar-refractivity contribution < 1.29 is 13.7 Å². The van der Waals surface area contributed by atoms with E-state index in [0.717, 1.165) is 32.2 Å². The second-order valence-corrected chi connectivity index (χ2v) is 7.12. The molecule has 146 valence electrons. The van der Waals surface area contributed by atoms with Crippen LogP contribution >= 0.6 is 0 Å². The monoisotopic (exact) mass is 374 g/mol. The third-order valence-corrected chi connectivity index (χ3v) is 5.10. The minimum atomic E-state index is -0.328. The van der Waals surface area contributed by atoms with Gasteiger partial charge in [-0.2, -0.15) is 4.98 Å². The summed E-state index contributed by atoms with van der Waals surface area (Å²) in [5.41, 5.74) is 0.599. The quantitative estimate of drug-likeness (QED) is 0.805. The molecule has 0 aliphatic carbocycles. The minimum absolute atomic E-state index is 0.0651. The van der Waals surface area contributed by atoms with Crippen LogP contribution < -0.4 is 5.32 Å². The highest BCUT2D eigenvalue weighted by molar-refractivity contribution is 5.78. The summed E-state index contributed by atoms with van der Waals surface area (Å²) in [6.07, 6.45) is 3.79. The van der Waals surface area contributed by atoms with Crippen molar-refractivity contribution in [3.8, 4) is 11.4 Å². The van der Waals surface area contributed by atoms with Crippen LogP contribution in [0.2, 0.25) is 0 Å². The van der Waals surface area contributed by atoms with E-state index in [2.05, 4.69) is 34.2 Å². The van der Waals surface area contributed by atoms with Crippen LogP contribution in [-0.2, 0) is 4.79 Å². The zero-order chi connectivity index (χ0) is 19.2. The maximum atomic E-state index is 13.4. The lowest BCUT2D eigenvalue weighted by Gasteiger charge is -2.30. The molecular formula is C20H27FN4O2. The summed E-state index contributed by atoms with van der Waals surface area (Å²) in [5.74, 6) is 0.781. The summed E-state index contributed by atoms with van der Waals surface area (Å²) in [6, 6.07) is 6.40. The lowest BCUT2D eigenvalue weighted by atomic mass is 9.98. The summed E-state index contributed by atoms with van der Waals surface area (Å²) >= 11 is 0. The third kappa shape index (κ3) is 5.13. The van der Waals surface area contributed by atoms with E-state index in [-0.39, 0.29) is 23.7 Å². The number of amides is 1. The van der Waals surface area contributed by atoms with Gasteiger partial charge in [0.05, 0.1) is 12.5 Å². The average molecular weight is 374 g/mol. The van der Waals surface area contributed by atoms with Gasteiger partial charge < -0.3 is 9.84 Å². The van der Waals surface area contributed by atoms with E-state index in [1.807, 2.05) is 0 Å². The molecule has 2 aromatic rings. The number of benzene rings is 1. The third-order valence-electron chi connectivity index (χ3n) is 5.10. The van der Waals surface area contributed by atoms with Gasteiger partial charge in [0.15, 0.2) is 0 Å². The molecule has 1 aliphatic rings. The van der Waals surface area contributed by atoms with E-state index >= 15 is 0 Å². The largest absolute Gasteiger partial charge is 0.352 e. The molecule has 1 N–H and O–H groups in total. The van der Waals surface area contributed by atoms with E-state index in [4.69, 9.17) is 4.52 Å². The van der Waals surface area contributed by atoms with Gasteiger partial charge >= 0.3 is 0 Å². The Morgan fingerprint density at radius 3 is 2.96 bits per heavy atom. The molecule has 1 aromatic carbocycles. The first-order chi connectivity index (χ1) is 13.1. The van der Waals surface area contributed by atoms with Crippen molar-refractivity contribution in [1.29, 1.82) is 0 Å². The summed E-state index contributed by atoms with van der Waals surface area (Å²) < 4.78 is 18.8. The predicted octanol–water partition coefficient (Wildman–Crippen LogP) is 3.36. The fraction of sp³-hybridized carbons (Fsp3) is 0.550. The second-order valence-electron chi connectivity index (χ2n) is 7.12. The highest BCUT2D eigenvalue weighted by Crippen LogP contribution is 2.27. The number of carbonyl (C=O) groups excluding carboxylic acids is 1. The van der Waals surface area contributed by atoms with Gasteiger partial charge in [-0.05, 0) is 44.4 Å². The number of aromatic nitrogens is 2. The van der Waals surface area contributed by atoms with Gasteiger partial charge in [0.2, 0.25) is 17.6 Å². The number of rotatable bonds is 7. The van der Waals surface area contributed by atoms with E-state index in [1.165, 1.54) is 12.1 Å². The lowest BCUT2D eigenvalue weighted by Crippen LogP contribution is -2.44. The zero-order valence-corrected chi connectivity index (χ0v) is 15.9. The molecule has 1 aromatic heterocycles. The Balaban J connectivity index is 1.60. The Labute approximate surface area is 159 Å². The van der Waals surface area contributed by atoms with Crippen molar-refractivity contribution >= 4 is 5.91 Å². The average Bonchev–Trinajstić information content (AvgIpc) is 3.16. The standard InChI is InChI=1S/C20H27FN4O2/c1-3-17(4-2)22-18(26)13-25-10-6-8-15(12-25)20-23-19(24-27-20)14-7-5-9-16(21)11-14/h5,7,9,11,15,17H,3-4,6,8,10,12-13H2,1-2H3,(H,22,26)/t15-/m1/s1. The summed E-state index contributed by atoms with van der Waals surface area (Å²) in [7, 11) is 0. The molecule has 1 saturated heterocycles. The molecule has 0 bridgehead atoms. The lowest BCUT2D eigenvalue weighted by molar-refractivity contribution is -0.123. The van der Waals surface area contributed by atoms with Crippen molar-refractivity contribution in [3.63, 3.8) is 0 Å². The maximum absolute atomic E-state index is 13.4. The molecule has 6 nitrogen and oxygen atoms in total. The molecule has 2 heterocycles. The van der Waals surface area contributed by atoms with Crippen LogP contribution in [0.3, 0.4) is 0 Å². The highest BCUT2D eigenvalue weighted by Gasteiger charge is 2.27. The summed E-state index contributed by atoms with van der Waals surface area (Å²) in [4.78, 5) is 18.9. The van der Waals surface area contributed by atoms with Crippen molar-refractivity contribution in [2.24, 2.45) is 0 Å². The molecule has 7 heteroatoms. The van der Waals surface area contributed by atoms with E-state index in [0.29, 0.717) is 30.4 Å². The van der Waals surface area contributed by atoms with Crippen LogP contribution in [0.1, 0.15) is 51.3 Å². The Kier molecular flexibility index (Phi) is 6.55. The second kappa shape index (κ2) is 9.08. The van der Waals surface area contributed by atoms with Crippen LogP contribution in [0.4, 0.5) is 4.39 Å². The Morgan fingerprint density at radius 1 is 1.41 bits per heavy atom. The molecule has 1 aliphatic heterocycles. The molecule has 1 fully saturated rings. The summed E-state index contributed by atoms with van der Waals surface area (Å²) in [6.45, 7) is 6.14. The van der Waals surface area contributed by atoms with E-state index in [9.17, 15) is 9.18 Å². The van der Waals surface area contributed by atoms with Gasteiger partial charge in [-0.15, -0.1) is 0 Å². The summed E-state index contributed by atoms with van der Waals surface area (Å²) in [5, 5.41) is 7.08. The Bertz CT molecular complexity index is 760. The van der Waals surface area contributed by atoms with Crippen LogP contribution in [-0.4, -0.2) is 46.6 Å². The Hall–Kier alpha value is -2.28. The van der Waals surface area contributed by atoms with Crippen LogP contribution in [0.5, 0.6) is 0 Å². The number of halogens is 1. The van der Waals surface area contributed by atoms with Crippen molar-refractivity contribution in [1.82, 2.24) is 20.4 Å². The fourth-order valence-electron chi connectivity index (χ4n) is 3.52. The number of carbonyl (C=O) groups is 1. The highest BCUT2D eigenvalue weighted by atomic mass is 19.1. The van der Waals surface area contributed by atoms with Gasteiger partial charge in [-0.1, -0.05) is 31.1 Å². The molecule has 0 spiro atoms. The van der Waals surface area contributed by atoms with Crippen LogP contribution in [0.15, 0.2) is 28.8 Å². The predicted molar refractivity (Wildman–Crippen MR) is 101 cm³/mol. The minimum Gasteiger partial charge on any atom is -0.352 e. The van der Waals surface area contributed by atoms with Gasteiger partial charge in [-0.3, -0.25) is 9.69 Å². The zero-order valence-electron chi connectivity index (χ0n) is 15.9. The number of nitrogens with one attached hydrogen (secondary N) is 1. The topological polar surface area (TPSA) is 71.3 Å². The number of hydrogen-bond donors (Lipinski definition) is 1. The molecule has 0 unspecified atom stereocenters. The molecule has 3 rings (SSSR count). The van der Waals surface area contributed by atoms with Gasteiger partial charge in [0, 0.05) is 18.2 Å².